The van der Waals surface area contributed by atoms with E-state index in [9.17, 15) is 28.8 Å². The topological polar surface area (TPSA) is 166 Å². The van der Waals surface area contributed by atoms with Crippen LogP contribution in [-0.2, 0) is 9.53 Å². The van der Waals surface area contributed by atoms with Gasteiger partial charge in [0.05, 0.1) is 18.2 Å². The Balaban J connectivity index is 0.000000296. The number of hydrazine groups is 2. The zero-order valence-corrected chi connectivity index (χ0v) is 33.3. The number of benzene rings is 4. The molecule has 0 aromatic heterocycles. The third kappa shape index (κ3) is 13.2. The van der Waals surface area contributed by atoms with Gasteiger partial charge >= 0.3 is 6.09 Å². The molecule has 0 bridgehead atoms. The van der Waals surface area contributed by atoms with Crippen LogP contribution in [0.15, 0.2) is 97.1 Å². The van der Waals surface area contributed by atoms with Crippen LogP contribution in [0.4, 0.5) is 16.2 Å². The number of halogens is 2. The van der Waals surface area contributed by atoms with E-state index in [0.29, 0.717) is 43.7 Å². The largest absolute Gasteiger partial charge is 0.453 e. The van der Waals surface area contributed by atoms with Crippen molar-refractivity contribution in [3.05, 3.63) is 129 Å². The lowest BCUT2D eigenvalue weighted by Gasteiger charge is -2.35. The minimum atomic E-state index is -0.668. The molecule has 0 unspecified atom stereocenters. The Bertz CT molecular complexity index is 1990. The first-order valence-electron chi connectivity index (χ1n) is 16.8. The summed E-state index contributed by atoms with van der Waals surface area (Å²) >= 11 is 11.7. The van der Waals surface area contributed by atoms with Crippen LogP contribution in [0.3, 0.4) is 0 Å². The summed E-state index contributed by atoms with van der Waals surface area (Å²) in [5.41, 5.74) is 6.58. The number of nitrogens with zero attached hydrogens (tertiary/aromatic N) is 2. The molecular formula is C40H44Cl2N6O7. The van der Waals surface area contributed by atoms with Crippen molar-refractivity contribution < 1.29 is 33.5 Å². The summed E-state index contributed by atoms with van der Waals surface area (Å²) < 4.78 is 4.52. The maximum atomic E-state index is 12.9. The molecule has 0 aliphatic heterocycles. The second-order valence-corrected chi connectivity index (χ2v) is 14.8. The first-order chi connectivity index (χ1) is 25.7. The number of rotatable bonds is 6. The fourth-order valence-corrected chi connectivity index (χ4v) is 4.86. The van der Waals surface area contributed by atoms with E-state index in [1.807, 2.05) is 41.5 Å². The fraction of sp³-hybridized carbons (Fsp3) is 0.250. The van der Waals surface area contributed by atoms with Crippen molar-refractivity contribution in [2.24, 2.45) is 0 Å². The average Bonchev–Trinajstić information content (AvgIpc) is 3.12. The highest BCUT2D eigenvalue weighted by Gasteiger charge is 2.31. The van der Waals surface area contributed by atoms with Crippen LogP contribution < -0.4 is 21.5 Å². The predicted molar refractivity (Wildman–Crippen MR) is 213 cm³/mol. The van der Waals surface area contributed by atoms with E-state index in [2.05, 4.69) is 26.2 Å². The van der Waals surface area contributed by atoms with E-state index >= 15 is 0 Å². The number of carbonyl (C=O) groups excluding carboxylic acids is 6. The number of nitrogens with one attached hydrogen (secondary N) is 4. The normalized spacial score (nSPS) is 10.8. The molecule has 4 rings (SSSR count). The summed E-state index contributed by atoms with van der Waals surface area (Å²) in [4.78, 5) is 73.3. The minimum absolute atomic E-state index is 0.195. The summed E-state index contributed by atoms with van der Waals surface area (Å²) in [6.07, 6.45) is -0.607. The van der Waals surface area contributed by atoms with Gasteiger partial charge in [0, 0.05) is 50.6 Å². The quantitative estimate of drug-likeness (QED) is 0.144. The molecule has 0 radical (unpaired) electrons. The van der Waals surface area contributed by atoms with Gasteiger partial charge in [0.2, 0.25) is 5.91 Å². The van der Waals surface area contributed by atoms with Crippen LogP contribution in [0.1, 0.15) is 89.9 Å². The lowest BCUT2D eigenvalue weighted by molar-refractivity contribution is -0.114. The molecule has 0 heterocycles. The molecule has 0 atom stereocenters. The molecule has 0 aliphatic rings. The Morgan fingerprint density at radius 1 is 0.509 bits per heavy atom. The molecule has 13 nitrogen and oxygen atoms in total. The zero-order valence-electron chi connectivity index (χ0n) is 31.7. The van der Waals surface area contributed by atoms with Crippen LogP contribution in [0.25, 0.3) is 0 Å². The number of ether oxygens (including phenoxy) is 1. The number of carbonyl (C=O) groups is 6. The summed E-state index contributed by atoms with van der Waals surface area (Å²) in [6, 6.07) is 25.5. The standard InChI is InChI=1S/C20H22ClN3O4.C20H22ClN3O3/c1-20(2,3)24(18(26)14-5-9-15(21)10-6-14)23-17(25)13-7-11-16(12-8-13)22-19(27)28-4;1-13(25)22-17-11-7-14(8-12-17)18(26)23-24(20(2,3)4)19(27)15-5-9-16(21)10-6-15/h5-12H,1-4H3,(H,22,27)(H,23,25);5-12H,1-4H3,(H,22,25)(H,23,26). The second-order valence-electron chi connectivity index (χ2n) is 14.0. The Kier molecular flexibility index (Phi) is 14.9. The highest BCUT2D eigenvalue weighted by molar-refractivity contribution is 6.31. The van der Waals surface area contributed by atoms with E-state index in [1.54, 1.807) is 84.9 Å². The maximum Gasteiger partial charge on any atom is 0.411 e. The number of amides is 6. The molecule has 6 amide bonds. The Hall–Kier alpha value is -5.92. The summed E-state index contributed by atoms with van der Waals surface area (Å²) in [5.74, 6) is -1.79. The Labute approximate surface area is 330 Å². The van der Waals surface area contributed by atoms with Gasteiger partial charge < -0.3 is 10.1 Å². The third-order valence-corrected chi connectivity index (χ3v) is 7.91. The molecule has 290 valence electrons. The molecule has 4 aromatic carbocycles. The van der Waals surface area contributed by atoms with Crippen LogP contribution >= 0.6 is 23.2 Å². The van der Waals surface area contributed by atoms with Crippen molar-refractivity contribution in [1.29, 1.82) is 0 Å². The van der Waals surface area contributed by atoms with Gasteiger partial charge in [-0.1, -0.05) is 23.2 Å². The van der Waals surface area contributed by atoms with Crippen molar-refractivity contribution in [2.75, 3.05) is 17.7 Å². The van der Waals surface area contributed by atoms with Crippen LogP contribution in [-0.4, -0.2) is 63.8 Å². The van der Waals surface area contributed by atoms with Gasteiger partial charge in [0.25, 0.3) is 23.6 Å². The number of anilines is 2. The molecule has 0 saturated carbocycles. The minimum Gasteiger partial charge on any atom is -0.453 e. The van der Waals surface area contributed by atoms with Crippen molar-refractivity contribution in [3.63, 3.8) is 0 Å². The highest BCUT2D eigenvalue weighted by Crippen LogP contribution is 2.20. The first kappa shape index (κ1) is 43.5. The molecular weight excluding hydrogens is 747 g/mol. The molecule has 4 aromatic rings. The van der Waals surface area contributed by atoms with Crippen molar-refractivity contribution in [3.8, 4) is 0 Å². The van der Waals surface area contributed by atoms with Gasteiger partial charge in [-0.15, -0.1) is 0 Å². The summed E-state index contributed by atoms with van der Waals surface area (Å²) in [6.45, 7) is 12.3. The first-order valence-corrected chi connectivity index (χ1v) is 17.6. The lowest BCUT2D eigenvalue weighted by Crippen LogP contribution is -2.55. The molecule has 0 saturated heterocycles. The zero-order chi connectivity index (χ0) is 41.1. The van der Waals surface area contributed by atoms with Crippen LogP contribution in [0.2, 0.25) is 10.0 Å². The molecule has 0 fully saturated rings. The third-order valence-electron chi connectivity index (χ3n) is 7.40. The average molecular weight is 792 g/mol. The van der Waals surface area contributed by atoms with E-state index < -0.39 is 29.0 Å². The lowest BCUT2D eigenvalue weighted by atomic mass is 10.1. The van der Waals surface area contributed by atoms with Gasteiger partial charge in [-0.2, -0.15) is 0 Å². The molecule has 15 heteroatoms. The van der Waals surface area contributed by atoms with Gasteiger partial charge in [0.1, 0.15) is 0 Å². The van der Waals surface area contributed by atoms with Crippen LogP contribution in [0, 0.1) is 0 Å². The monoisotopic (exact) mass is 790 g/mol. The van der Waals surface area contributed by atoms with E-state index in [0.717, 1.165) is 0 Å². The van der Waals surface area contributed by atoms with Crippen molar-refractivity contribution in [2.45, 2.75) is 59.5 Å². The molecule has 0 aliphatic carbocycles. The van der Waals surface area contributed by atoms with E-state index in [4.69, 9.17) is 23.2 Å². The highest BCUT2D eigenvalue weighted by atomic mass is 35.5. The van der Waals surface area contributed by atoms with E-state index in [-0.39, 0.29) is 17.7 Å². The predicted octanol–water partition coefficient (Wildman–Crippen LogP) is 7.99. The molecule has 0 spiro atoms. The second kappa shape index (κ2) is 18.9. The molecule has 55 heavy (non-hydrogen) atoms. The van der Waals surface area contributed by atoms with Gasteiger partial charge in [0.15, 0.2) is 0 Å². The van der Waals surface area contributed by atoms with Crippen LogP contribution in [0.5, 0.6) is 0 Å². The van der Waals surface area contributed by atoms with Gasteiger partial charge in [-0.3, -0.25) is 40.1 Å². The SMILES string of the molecule is CC(=O)Nc1ccc(C(=O)NN(C(=O)c2ccc(Cl)cc2)C(C)(C)C)cc1.COC(=O)Nc1ccc(C(=O)NN(C(=O)c2ccc(Cl)cc2)C(C)(C)C)cc1. The van der Waals surface area contributed by atoms with Crippen molar-refractivity contribution >= 4 is 70.2 Å². The van der Waals surface area contributed by atoms with Gasteiger partial charge in [-0.05, 0) is 139 Å². The maximum absolute atomic E-state index is 12.9. The Morgan fingerprint density at radius 2 is 0.818 bits per heavy atom. The Morgan fingerprint density at radius 3 is 1.11 bits per heavy atom. The van der Waals surface area contributed by atoms with Gasteiger partial charge in [-0.25, -0.2) is 14.8 Å². The summed E-state index contributed by atoms with van der Waals surface area (Å²) in [7, 11) is 1.26. The number of hydrogen-bond acceptors (Lipinski definition) is 7. The molecule has 4 N–H and O–H groups in total. The van der Waals surface area contributed by atoms with Crippen molar-refractivity contribution in [1.82, 2.24) is 20.9 Å². The fourth-order valence-electron chi connectivity index (χ4n) is 4.60. The summed E-state index contributed by atoms with van der Waals surface area (Å²) in [5, 5.41) is 8.74. The number of hydrogen-bond donors (Lipinski definition) is 4. The van der Waals surface area contributed by atoms with E-state index in [1.165, 1.54) is 36.2 Å². The number of methoxy groups -OCH3 is 1. The smallest absolute Gasteiger partial charge is 0.411 e.